The van der Waals surface area contributed by atoms with Crippen molar-refractivity contribution in [2.45, 2.75) is 55.9 Å². The molecule has 0 atom stereocenters. The molecule has 2 aromatic rings. The number of rotatable bonds is 7. The smallest absolute Gasteiger partial charge is 0.240 e. The first-order valence-electron chi connectivity index (χ1n) is 9.70. The Morgan fingerprint density at radius 1 is 1.07 bits per heavy atom. The lowest BCUT2D eigenvalue weighted by molar-refractivity contribution is -0.116. The van der Waals surface area contributed by atoms with Crippen LogP contribution in [0.1, 0.15) is 44.1 Å². The zero-order chi connectivity index (χ0) is 20.9. The lowest BCUT2D eigenvalue weighted by atomic mass is 9.96. The minimum Gasteiger partial charge on any atom is -0.324 e. The second kappa shape index (κ2) is 9.82. The first-order chi connectivity index (χ1) is 13.8. The Labute approximate surface area is 179 Å². The minimum absolute atomic E-state index is 0.0103. The highest BCUT2D eigenvalue weighted by molar-refractivity contribution is 9.10. The Hall–Kier alpha value is -1.77. The van der Waals surface area contributed by atoms with Crippen LogP contribution in [0.3, 0.4) is 0 Å². The summed E-state index contributed by atoms with van der Waals surface area (Å²) < 4.78 is 42.2. The third-order valence-electron chi connectivity index (χ3n) is 5.01. The molecule has 8 heteroatoms. The number of amides is 1. The summed E-state index contributed by atoms with van der Waals surface area (Å²) in [5.41, 5.74) is 0.974. The molecular weight excluding hydrogens is 459 g/mol. The molecule has 0 radical (unpaired) electrons. The van der Waals surface area contributed by atoms with E-state index in [4.69, 9.17) is 0 Å². The highest BCUT2D eigenvalue weighted by atomic mass is 79.9. The molecule has 0 bridgehead atoms. The van der Waals surface area contributed by atoms with E-state index in [-0.39, 0.29) is 29.0 Å². The summed E-state index contributed by atoms with van der Waals surface area (Å²) in [4.78, 5) is 12.3. The van der Waals surface area contributed by atoms with Gasteiger partial charge in [-0.2, -0.15) is 0 Å². The SMILES string of the molecule is O=C(CCc1ccc(S(=O)(=O)NC2CCCCC2)cc1)Nc1ccc(Br)cc1F. The van der Waals surface area contributed by atoms with Gasteiger partial charge in [-0.25, -0.2) is 17.5 Å². The lowest BCUT2D eigenvalue weighted by Gasteiger charge is -2.22. The summed E-state index contributed by atoms with van der Waals surface area (Å²) >= 11 is 3.17. The van der Waals surface area contributed by atoms with Crippen LogP contribution in [0.2, 0.25) is 0 Å². The van der Waals surface area contributed by atoms with Crippen molar-refractivity contribution in [1.82, 2.24) is 4.72 Å². The summed E-state index contributed by atoms with van der Waals surface area (Å²) in [7, 11) is -3.53. The van der Waals surface area contributed by atoms with Crippen LogP contribution in [0.25, 0.3) is 0 Å². The standard InChI is InChI=1S/C21H24BrFN2O3S/c22-16-9-12-20(19(23)14-16)24-21(26)13-8-15-6-10-18(11-7-15)29(27,28)25-17-4-2-1-3-5-17/h6-7,9-12,14,17,25H,1-5,8,13H2,(H,24,26). The molecular formula is C21H24BrFN2O3S. The first-order valence-corrected chi connectivity index (χ1v) is 12.0. The Morgan fingerprint density at radius 3 is 2.41 bits per heavy atom. The van der Waals surface area contributed by atoms with Crippen molar-refractivity contribution >= 4 is 37.5 Å². The monoisotopic (exact) mass is 482 g/mol. The van der Waals surface area contributed by atoms with Crippen molar-refractivity contribution in [3.05, 3.63) is 58.3 Å². The zero-order valence-electron chi connectivity index (χ0n) is 16.0. The summed E-state index contributed by atoms with van der Waals surface area (Å²) in [6, 6.07) is 11.0. The summed E-state index contributed by atoms with van der Waals surface area (Å²) in [5.74, 6) is -0.811. The number of anilines is 1. The van der Waals surface area contributed by atoms with E-state index in [1.165, 1.54) is 12.1 Å². The van der Waals surface area contributed by atoms with Crippen LogP contribution in [0.4, 0.5) is 10.1 Å². The number of aryl methyl sites for hydroxylation is 1. The van der Waals surface area contributed by atoms with Crippen LogP contribution >= 0.6 is 15.9 Å². The van der Waals surface area contributed by atoms with Gasteiger partial charge in [-0.1, -0.05) is 47.3 Å². The van der Waals surface area contributed by atoms with Gasteiger partial charge < -0.3 is 5.32 Å². The van der Waals surface area contributed by atoms with Crippen LogP contribution in [0.5, 0.6) is 0 Å². The van der Waals surface area contributed by atoms with Gasteiger partial charge in [0.05, 0.1) is 10.6 Å². The molecule has 156 valence electrons. The topological polar surface area (TPSA) is 75.3 Å². The highest BCUT2D eigenvalue weighted by Crippen LogP contribution is 2.21. The zero-order valence-corrected chi connectivity index (χ0v) is 18.4. The second-order valence-corrected chi connectivity index (χ2v) is 9.90. The van der Waals surface area contributed by atoms with Gasteiger partial charge in [-0.05, 0) is 55.2 Å². The predicted octanol–water partition coefficient (Wildman–Crippen LogP) is 4.77. The number of sulfonamides is 1. The van der Waals surface area contributed by atoms with Crippen molar-refractivity contribution in [2.75, 3.05) is 5.32 Å². The van der Waals surface area contributed by atoms with E-state index in [0.717, 1.165) is 37.7 Å². The molecule has 0 saturated heterocycles. The molecule has 29 heavy (non-hydrogen) atoms. The number of hydrogen-bond donors (Lipinski definition) is 2. The number of carbonyl (C=O) groups excluding carboxylic acids is 1. The van der Waals surface area contributed by atoms with Crippen LogP contribution < -0.4 is 10.0 Å². The maximum atomic E-state index is 13.8. The maximum Gasteiger partial charge on any atom is 0.240 e. The summed E-state index contributed by atoms with van der Waals surface area (Å²) in [6.45, 7) is 0. The molecule has 5 nitrogen and oxygen atoms in total. The fourth-order valence-electron chi connectivity index (χ4n) is 3.40. The molecule has 1 amide bonds. The van der Waals surface area contributed by atoms with Crippen LogP contribution in [-0.2, 0) is 21.2 Å². The molecule has 1 aliphatic rings. The predicted molar refractivity (Wildman–Crippen MR) is 115 cm³/mol. The molecule has 1 aliphatic carbocycles. The summed E-state index contributed by atoms with van der Waals surface area (Å²) in [5, 5.41) is 2.55. The Morgan fingerprint density at radius 2 is 1.76 bits per heavy atom. The molecule has 0 aromatic heterocycles. The van der Waals surface area contributed by atoms with E-state index in [0.29, 0.717) is 10.9 Å². The van der Waals surface area contributed by atoms with Crippen molar-refractivity contribution < 1.29 is 17.6 Å². The van der Waals surface area contributed by atoms with Crippen LogP contribution in [0.15, 0.2) is 51.8 Å². The molecule has 1 fully saturated rings. The number of hydrogen-bond acceptors (Lipinski definition) is 3. The van der Waals surface area contributed by atoms with E-state index in [2.05, 4.69) is 26.0 Å². The van der Waals surface area contributed by atoms with E-state index in [1.54, 1.807) is 30.3 Å². The molecule has 2 aromatic carbocycles. The van der Waals surface area contributed by atoms with Gasteiger partial charge in [-0.3, -0.25) is 4.79 Å². The molecule has 0 aliphatic heterocycles. The molecule has 1 saturated carbocycles. The number of carbonyl (C=O) groups is 1. The summed E-state index contributed by atoms with van der Waals surface area (Å²) in [6.07, 6.45) is 5.63. The van der Waals surface area contributed by atoms with E-state index >= 15 is 0 Å². The molecule has 0 spiro atoms. The van der Waals surface area contributed by atoms with Crippen molar-refractivity contribution in [3.8, 4) is 0 Å². The van der Waals surface area contributed by atoms with E-state index in [9.17, 15) is 17.6 Å². The van der Waals surface area contributed by atoms with E-state index < -0.39 is 15.8 Å². The van der Waals surface area contributed by atoms with Gasteiger partial charge >= 0.3 is 0 Å². The number of halogens is 2. The van der Waals surface area contributed by atoms with Crippen LogP contribution in [-0.4, -0.2) is 20.4 Å². The fourth-order valence-corrected chi connectivity index (χ4v) is 5.04. The van der Waals surface area contributed by atoms with Crippen molar-refractivity contribution in [3.63, 3.8) is 0 Å². The maximum absolute atomic E-state index is 13.8. The normalized spacial score (nSPS) is 15.2. The van der Waals surface area contributed by atoms with E-state index in [1.807, 2.05) is 0 Å². The van der Waals surface area contributed by atoms with Gasteiger partial charge in [0, 0.05) is 16.9 Å². The first kappa shape index (κ1) is 21.9. The quantitative estimate of drug-likeness (QED) is 0.596. The second-order valence-electron chi connectivity index (χ2n) is 7.27. The fraction of sp³-hybridized carbons (Fsp3) is 0.381. The largest absolute Gasteiger partial charge is 0.324 e. The third kappa shape index (κ3) is 6.35. The Kier molecular flexibility index (Phi) is 7.43. The van der Waals surface area contributed by atoms with Crippen molar-refractivity contribution in [2.24, 2.45) is 0 Å². The average molecular weight is 483 g/mol. The van der Waals surface area contributed by atoms with Crippen LogP contribution in [0, 0.1) is 5.82 Å². The van der Waals surface area contributed by atoms with Gasteiger partial charge in [0.2, 0.25) is 15.9 Å². The molecule has 0 unspecified atom stereocenters. The Balaban J connectivity index is 1.53. The highest BCUT2D eigenvalue weighted by Gasteiger charge is 2.21. The molecule has 0 heterocycles. The third-order valence-corrected chi connectivity index (χ3v) is 7.04. The molecule has 2 N–H and O–H groups in total. The van der Waals surface area contributed by atoms with Gasteiger partial charge in [0.25, 0.3) is 0 Å². The van der Waals surface area contributed by atoms with Gasteiger partial charge in [0.15, 0.2) is 0 Å². The molecule has 3 rings (SSSR count). The van der Waals surface area contributed by atoms with Crippen molar-refractivity contribution in [1.29, 1.82) is 0 Å². The number of benzene rings is 2. The number of nitrogens with one attached hydrogen (secondary N) is 2. The Bertz CT molecular complexity index is 958. The average Bonchev–Trinajstić information content (AvgIpc) is 2.69. The van der Waals surface area contributed by atoms with Gasteiger partial charge in [0.1, 0.15) is 5.82 Å². The lowest BCUT2D eigenvalue weighted by Crippen LogP contribution is -2.36. The van der Waals surface area contributed by atoms with Gasteiger partial charge in [-0.15, -0.1) is 0 Å². The minimum atomic E-state index is -3.53.